The van der Waals surface area contributed by atoms with E-state index in [1.807, 2.05) is 0 Å². The van der Waals surface area contributed by atoms with Gasteiger partial charge >= 0.3 is 5.97 Å². The molecule has 0 aliphatic rings. The van der Waals surface area contributed by atoms with Gasteiger partial charge < -0.3 is 5.11 Å². The zero-order chi connectivity index (χ0) is 15.7. The Morgan fingerprint density at radius 2 is 1.95 bits per heavy atom. The number of carboxylic acids is 1. The lowest BCUT2D eigenvalue weighted by atomic mass is 9.88. The van der Waals surface area contributed by atoms with E-state index in [1.165, 1.54) is 18.2 Å². The average Bonchev–Trinajstić information content (AvgIpc) is 2.23. The molecule has 0 saturated carbocycles. The number of hydrogen-bond donors (Lipinski definition) is 2. The number of rotatable bonds is 4. The Bertz CT molecular complexity index is 625. The van der Waals surface area contributed by atoms with Gasteiger partial charge in [0.05, 0.1) is 5.02 Å². The molecular formula is C12H15BrClNO4S. The summed E-state index contributed by atoms with van der Waals surface area (Å²) in [6, 6.07) is 3.01. The Balaban J connectivity index is 3.20. The van der Waals surface area contributed by atoms with Gasteiger partial charge in [-0.3, -0.25) is 4.79 Å². The summed E-state index contributed by atoms with van der Waals surface area (Å²) in [7, 11) is -4.02. The molecule has 8 heteroatoms. The van der Waals surface area contributed by atoms with Crippen molar-refractivity contribution < 1.29 is 18.3 Å². The predicted molar refractivity (Wildman–Crippen MR) is 80.4 cm³/mol. The van der Waals surface area contributed by atoms with E-state index in [4.69, 9.17) is 16.7 Å². The molecule has 1 rings (SSSR count). The number of aliphatic carboxylic acids is 1. The maximum atomic E-state index is 12.3. The highest BCUT2D eigenvalue weighted by Crippen LogP contribution is 2.27. The molecule has 0 fully saturated rings. The molecule has 1 aromatic carbocycles. The van der Waals surface area contributed by atoms with Gasteiger partial charge in [-0.1, -0.05) is 48.3 Å². The van der Waals surface area contributed by atoms with Crippen molar-refractivity contribution in [3.8, 4) is 0 Å². The van der Waals surface area contributed by atoms with Gasteiger partial charge in [-0.2, -0.15) is 4.72 Å². The lowest BCUT2D eigenvalue weighted by Gasteiger charge is -2.27. The van der Waals surface area contributed by atoms with Gasteiger partial charge in [-0.05, 0) is 23.6 Å². The molecule has 0 heterocycles. The van der Waals surface area contributed by atoms with Crippen LogP contribution >= 0.6 is 27.5 Å². The van der Waals surface area contributed by atoms with Gasteiger partial charge in [0.1, 0.15) is 10.9 Å². The van der Waals surface area contributed by atoms with Crippen molar-refractivity contribution >= 4 is 43.5 Å². The smallest absolute Gasteiger partial charge is 0.322 e. The van der Waals surface area contributed by atoms with E-state index in [0.29, 0.717) is 4.47 Å². The second kappa shape index (κ2) is 6.01. The van der Waals surface area contributed by atoms with E-state index >= 15 is 0 Å². The number of benzene rings is 1. The fraction of sp³-hybridized carbons (Fsp3) is 0.417. The summed E-state index contributed by atoms with van der Waals surface area (Å²) in [5.41, 5.74) is -0.777. The van der Waals surface area contributed by atoms with Gasteiger partial charge in [-0.15, -0.1) is 0 Å². The van der Waals surface area contributed by atoms with Crippen molar-refractivity contribution in [1.82, 2.24) is 4.72 Å². The fourth-order valence-corrected chi connectivity index (χ4v) is 3.94. The van der Waals surface area contributed by atoms with Crippen molar-refractivity contribution in [2.45, 2.75) is 31.7 Å². The number of carboxylic acid groups (broad SMARTS) is 1. The minimum absolute atomic E-state index is 0.0184. The molecule has 1 aromatic rings. The zero-order valence-electron chi connectivity index (χ0n) is 11.1. The molecule has 0 spiro atoms. The van der Waals surface area contributed by atoms with E-state index in [2.05, 4.69) is 20.7 Å². The second-order valence-corrected chi connectivity index (χ2v) is 8.34. The van der Waals surface area contributed by atoms with Crippen LogP contribution in [0.5, 0.6) is 0 Å². The van der Waals surface area contributed by atoms with Crippen LogP contribution in [0.4, 0.5) is 0 Å². The summed E-state index contributed by atoms with van der Waals surface area (Å²) < 4.78 is 27.3. The van der Waals surface area contributed by atoms with Crippen LogP contribution in [-0.2, 0) is 14.8 Å². The lowest BCUT2D eigenvalue weighted by molar-refractivity contribution is -0.141. The normalized spacial score (nSPS) is 14.1. The predicted octanol–water partition coefficient (Wildman–Crippen LogP) is 2.88. The van der Waals surface area contributed by atoms with Crippen molar-refractivity contribution in [3.63, 3.8) is 0 Å². The first kappa shape index (κ1) is 17.4. The van der Waals surface area contributed by atoms with Crippen LogP contribution in [0.15, 0.2) is 27.6 Å². The molecule has 0 bridgehead atoms. The van der Waals surface area contributed by atoms with Crippen LogP contribution in [0, 0.1) is 5.41 Å². The standard InChI is InChI=1S/C12H15BrClNO4S/c1-12(2,3)10(11(16)17)15-20(18,19)9-5-4-7(13)6-8(9)14/h4-6,10,15H,1-3H3,(H,16,17)/t10-/m0/s1. The number of hydrogen-bond acceptors (Lipinski definition) is 3. The van der Waals surface area contributed by atoms with E-state index in [1.54, 1.807) is 20.8 Å². The van der Waals surface area contributed by atoms with Crippen molar-refractivity contribution in [1.29, 1.82) is 0 Å². The van der Waals surface area contributed by atoms with Crippen molar-refractivity contribution in [3.05, 3.63) is 27.7 Å². The first-order chi connectivity index (χ1) is 8.95. The van der Waals surface area contributed by atoms with E-state index in [0.717, 1.165) is 0 Å². The van der Waals surface area contributed by atoms with E-state index in [-0.39, 0.29) is 9.92 Å². The molecule has 0 aliphatic carbocycles. The number of nitrogens with one attached hydrogen (secondary N) is 1. The third kappa shape index (κ3) is 4.18. The minimum Gasteiger partial charge on any atom is -0.480 e. The fourth-order valence-electron chi connectivity index (χ4n) is 1.51. The summed E-state index contributed by atoms with van der Waals surface area (Å²) in [5.74, 6) is -1.24. The highest BCUT2D eigenvalue weighted by Gasteiger charge is 2.35. The molecule has 0 saturated heterocycles. The topological polar surface area (TPSA) is 83.5 Å². The molecular weight excluding hydrogens is 370 g/mol. The molecule has 1 atom stereocenters. The Morgan fingerprint density at radius 3 is 2.35 bits per heavy atom. The van der Waals surface area contributed by atoms with Gasteiger partial charge in [0.15, 0.2) is 0 Å². The second-order valence-electron chi connectivity index (χ2n) is 5.33. The maximum absolute atomic E-state index is 12.3. The number of carbonyl (C=O) groups is 1. The SMILES string of the molecule is CC(C)(C)[C@@H](NS(=O)(=O)c1ccc(Br)cc1Cl)C(=O)O. The van der Waals surface area contributed by atoms with Gasteiger partial charge in [0, 0.05) is 4.47 Å². The Labute approximate surface area is 131 Å². The molecule has 0 aromatic heterocycles. The van der Waals surface area contributed by atoms with Crippen molar-refractivity contribution in [2.24, 2.45) is 5.41 Å². The summed E-state index contributed by atoms with van der Waals surface area (Å²) in [6.45, 7) is 4.91. The Hall–Kier alpha value is -0.630. The summed E-state index contributed by atoms with van der Waals surface area (Å²) in [6.07, 6.45) is 0. The largest absolute Gasteiger partial charge is 0.480 e. The highest BCUT2D eigenvalue weighted by molar-refractivity contribution is 9.10. The molecule has 0 aliphatic heterocycles. The molecule has 5 nitrogen and oxygen atoms in total. The van der Waals surface area contributed by atoms with Crippen molar-refractivity contribution in [2.75, 3.05) is 0 Å². The molecule has 0 amide bonds. The van der Waals surface area contributed by atoms with Gasteiger partial charge in [0.2, 0.25) is 10.0 Å². The van der Waals surface area contributed by atoms with Crippen LogP contribution in [0.3, 0.4) is 0 Å². The molecule has 112 valence electrons. The minimum atomic E-state index is -4.02. The van der Waals surface area contributed by atoms with E-state index in [9.17, 15) is 13.2 Å². The first-order valence-corrected chi connectivity index (χ1v) is 8.31. The molecule has 2 N–H and O–H groups in total. The van der Waals surface area contributed by atoms with Crippen LogP contribution in [0.25, 0.3) is 0 Å². The summed E-state index contributed by atoms with van der Waals surface area (Å²) >= 11 is 9.07. The molecule has 0 radical (unpaired) electrons. The number of halogens is 2. The third-order valence-electron chi connectivity index (χ3n) is 2.57. The zero-order valence-corrected chi connectivity index (χ0v) is 14.3. The Kier molecular flexibility index (Phi) is 5.23. The monoisotopic (exact) mass is 383 g/mol. The molecule has 0 unspecified atom stereocenters. The highest BCUT2D eigenvalue weighted by atomic mass is 79.9. The van der Waals surface area contributed by atoms with Crippen LogP contribution in [0.2, 0.25) is 5.02 Å². The van der Waals surface area contributed by atoms with Gasteiger partial charge in [-0.25, -0.2) is 8.42 Å². The van der Waals surface area contributed by atoms with Crippen LogP contribution in [0.1, 0.15) is 20.8 Å². The van der Waals surface area contributed by atoms with Gasteiger partial charge in [0.25, 0.3) is 0 Å². The summed E-state index contributed by atoms with van der Waals surface area (Å²) in [4.78, 5) is 11.1. The quantitative estimate of drug-likeness (QED) is 0.836. The van der Waals surface area contributed by atoms with Crippen LogP contribution < -0.4 is 4.72 Å². The summed E-state index contributed by atoms with van der Waals surface area (Å²) in [5, 5.41) is 9.18. The lowest BCUT2D eigenvalue weighted by Crippen LogP contribution is -2.49. The van der Waals surface area contributed by atoms with E-state index < -0.39 is 27.4 Å². The van der Waals surface area contributed by atoms with Crippen LogP contribution in [-0.4, -0.2) is 25.5 Å². The molecule has 20 heavy (non-hydrogen) atoms. The first-order valence-electron chi connectivity index (χ1n) is 5.65. The maximum Gasteiger partial charge on any atom is 0.322 e. The number of sulfonamides is 1. The third-order valence-corrected chi connectivity index (χ3v) is 4.97. The average molecular weight is 385 g/mol. The Morgan fingerprint density at radius 1 is 1.40 bits per heavy atom.